The van der Waals surface area contributed by atoms with Crippen LogP contribution in [0.15, 0.2) is 27.2 Å². The third-order valence-electron chi connectivity index (χ3n) is 2.65. The van der Waals surface area contributed by atoms with Gasteiger partial charge in [-0.3, -0.25) is 0 Å². The fraction of sp³-hybridized carbons (Fsp3) is 0.385. The van der Waals surface area contributed by atoms with E-state index in [9.17, 15) is 0 Å². The van der Waals surface area contributed by atoms with Gasteiger partial charge in [0.05, 0.1) is 6.04 Å². The summed E-state index contributed by atoms with van der Waals surface area (Å²) in [6.07, 6.45) is 0. The normalized spacial score (nSPS) is 13.6. The Labute approximate surface area is 125 Å². The first kappa shape index (κ1) is 14.5. The van der Waals surface area contributed by atoms with Gasteiger partial charge in [-0.25, -0.2) is 0 Å². The highest BCUT2D eigenvalue weighted by atomic mass is 79.9. The summed E-state index contributed by atoms with van der Waals surface area (Å²) < 4.78 is 6.15. The summed E-state index contributed by atoms with van der Waals surface area (Å²) in [6, 6.07) is 4.99. The van der Waals surface area contributed by atoms with Crippen LogP contribution in [0.1, 0.15) is 44.1 Å². The van der Waals surface area contributed by atoms with Crippen LogP contribution in [-0.2, 0) is 5.41 Å². The Morgan fingerprint density at radius 1 is 1.37 bits per heavy atom. The molecule has 0 radical (unpaired) electrons. The molecule has 1 atom stereocenters. The lowest BCUT2D eigenvalue weighted by Gasteiger charge is -2.12. The molecule has 0 aliphatic rings. The standard InChI is InChI=1S/C13H15BrClN3O/c1-13(2,3)12-17-11(18-19-12)10(16)8-6-7(14)4-5-9(8)15/h4-6,10H,16H2,1-3H3. The molecule has 0 bridgehead atoms. The largest absolute Gasteiger partial charge is 0.339 e. The lowest BCUT2D eigenvalue weighted by molar-refractivity contribution is 0.317. The minimum Gasteiger partial charge on any atom is -0.339 e. The molecule has 0 saturated carbocycles. The third-order valence-corrected chi connectivity index (χ3v) is 3.49. The Kier molecular flexibility index (Phi) is 3.99. The van der Waals surface area contributed by atoms with Gasteiger partial charge in [-0.15, -0.1) is 0 Å². The number of benzene rings is 1. The molecule has 1 aromatic carbocycles. The Bertz CT molecular complexity index is 592. The van der Waals surface area contributed by atoms with E-state index in [1.54, 1.807) is 6.07 Å². The molecule has 0 fully saturated rings. The smallest absolute Gasteiger partial charge is 0.232 e. The molecule has 102 valence electrons. The van der Waals surface area contributed by atoms with Crippen LogP contribution in [0.5, 0.6) is 0 Å². The van der Waals surface area contributed by atoms with Gasteiger partial charge >= 0.3 is 0 Å². The zero-order valence-corrected chi connectivity index (χ0v) is 13.3. The van der Waals surface area contributed by atoms with Gasteiger partial charge in [0.2, 0.25) is 5.89 Å². The molecular formula is C13H15BrClN3O. The number of rotatable bonds is 2. The molecule has 4 nitrogen and oxygen atoms in total. The topological polar surface area (TPSA) is 64.9 Å². The Balaban J connectivity index is 2.36. The number of nitrogens with two attached hydrogens (primary N) is 1. The molecule has 0 spiro atoms. The van der Waals surface area contributed by atoms with Crippen LogP contribution in [-0.4, -0.2) is 10.1 Å². The molecule has 0 aliphatic carbocycles. The predicted octanol–water partition coefficient (Wildman–Crippen LogP) is 3.83. The van der Waals surface area contributed by atoms with E-state index in [4.69, 9.17) is 21.9 Å². The van der Waals surface area contributed by atoms with Gasteiger partial charge in [-0.1, -0.05) is 53.5 Å². The van der Waals surface area contributed by atoms with Gasteiger partial charge in [0.15, 0.2) is 5.82 Å². The predicted molar refractivity (Wildman–Crippen MR) is 78.2 cm³/mol. The van der Waals surface area contributed by atoms with E-state index in [0.717, 1.165) is 10.0 Å². The van der Waals surface area contributed by atoms with E-state index in [2.05, 4.69) is 26.1 Å². The van der Waals surface area contributed by atoms with Crippen molar-refractivity contribution in [3.05, 3.63) is 45.0 Å². The first-order chi connectivity index (χ1) is 8.79. The number of hydrogen-bond acceptors (Lipinski definition) is 4. The minimum absolute atomic E-state index is 0.202. The highest BCUT2D eigenvalue weighted by molar-refractivity contribution is 9.10. The zero-order chi connectivity index (χ0) is 14.2. The molecule has 19 heavy (non-hydrogen) atoms. The molecule has 2 N–H and O–H groups in total. The van der Waals surface area contributed by atoms with Crippen molar-refractivity contribution in [2.45, 2.75) is 32.2 Å². The number of halogens is 2. The Morgan fingerprint density at radius 2 is 2.05 bits per heavy atom. The first-order valence-electron chi connectivity index (χ1n) is 5.83. The fourth-order valence-electron chi connectivity index (χ4n) is 1.56. The number of hydrogen-bond donors (Lipinski definition) is 1. The van der Waals surface area contributed by atoms with Crippen molar-refractivity contribution in [2.75, 3.05) is 0 Å². The average Bonchev–Trinajstić information content (AvgIpc) is 2.80. The number of aromatic nitrogens is 2. The summed E-state index contributed by atoms with van der Waals surface area (Å²) in [5.74, 6) is 0.994. The van der Waals surface area contributed by atoms with Crippen LogP contribution in [0.3, 0.4) is 0 Å². The van der Waals surface area contributed by atoms with Gasteiger partial charge in [0.1, 0.15) is 0 Å². The molecule has 0 saturated heterocycles. The van der Waals surface area contributed by atoms with Gasteiger partial charge in [0, 0.05) is 14.9 Å². The average molecular weight is 345 g/mol. The second kappa shape index (κ2) is 5.23. The third kappa shape index (κ3) is 3.16. The maximum Gasteiger partial charge on any atom is 0.232 e. The van der Waals surface area contributed by atoms with E-state index < -0.39 is 6.04 Å². The van der Waals surface area contributed by atoms with Gasteiger partial charge in [0.25, 0.3) is 0 Å². The Hall–Kier alpha value is -0.910. The molecular weight excluding hydrogens is 330 g/mol. The first-order valence-corrected chi connectivity index (χ1v) is 7.01. The Morgan fingerprint density at radius 3 is 2.63 bits per heavy atom. The summed E-state index contributed by atoms with van der Waals surface area (Å²) in [6.45, 7) is 6.01. The molecule has 2 rings (SSSR count). The summed E-state index contributed by atoms with van der Waals surface area (Å²) >= 11 is 9.55. The molecule has 0 aliphatic heterocycles. The van der Waals surface area contributed by atoms with Crippen molar-refractivity contribution < 1.29 is 4.52 Å². The lowest BCUT2D eigenvalue weighted by atomic mass is 9.97. The molecule has 0 amide bonds. The molecule has 6 heteroatoms. The van der Waals surface area contributed by atoms with Crippen molar-refractivity contribution in [3.63, 3.8) is 0 Å². The summed E-state index contributed by atoms with van der Waals surface area (Å²) in [5, 5.41) is 4.53. The van der Waals surface area contributed by atoms with Crippen molar-refractivity contribution in [2.24, 2.45) is 5.73 Å². The quantitative estimate of drug-likeness (QED) is 0.899. The van der Waals surface area contributed by atoms with Crippen molar-refractivity contribution in [1.29, 1.82) is 0 Å². The molecule has 1 aromatic heterocycles. The van der Waals surface area contributed by atoms with Crippen molar-refractivity contribution >= 4 is 27.5 Å². The van der Waals surface area contributed by atoms with Crippen LogP contribution < -0.4 is 5.73 Å². The molecule has 1 heterocycles. The van der Waals surface area contributed by atoms with Crippen LogP contribution in [0.25, 0.3) is 0 Å². The van der Waals surface area contributed by atoms with Gasteiger partial charge in [-0.2, -0.15) is 4.98 Å². The van der Waals surface area contributed by atoms with Crippen molar-refractivity contribution in [1.82, 2.24) is 10.1 Å². The summed E-state index contributed by atoms with van der Waals surface area (Å²) in [4.78, 5) is 4.35. The number of nitrogens with zero attached hydrogens (tertiary/aromatic N) is 2. The van der Waals surface area contributed by atoms with E-state index in [0.29, 0.717) is 16.7 Å². The highest BCUT2D eigenvalue weighted by Crippen LogP contribution is 2.29. The molecule has 2 aromatic rings. The van der Waals surface area contributed by atoms with Gasteiger partial charge < -0.3 is 10.3 Å². The second-order valence-corrected chi connectivity index (χ2v) is 6.67. The zero-order valence-electron chi connectivity index (χ0n) is 10.9. The highest BCUT2D eigenvalue weighted by Gasteiger charge is 2.25. The van der Waals surface area contributed by atoms with Crippen LogP contribution in [0, 0.1) is 0 Å². The van der Waals surface area contributed by atoms with E-state index in [-0.39, 0.29) is 5.41 Å². The van der Waals surface area contributed by atoms with Crippen LogP contribution >= 0.6 is 27.5 Å². The van der Waals surface area contributed by atoms with E-state index in [1.165, 1.54) is 0 Å². The summed E-state index contributed by atoms with van der Waals surface area (Å²) in [7, 11) is 0. The minimum atomic E-state index is -0.509. The monoisotopic (exact) mass is 343 g/mol. The van der Waals surface area contributed by atoms with Crippen molar-refractivity contribution in [3.8, 4) is 0 Å². The lowest BCUT2D eigenvalue weighted by Crippen LogP contribution is -2.16. The maximum atomic E-state index is 6.15. The summed E-state index contributed by atoms with van der Waals surface area (Å²) in [5.41, 5.74) is 6.71. The van der Waals surface area contributed by atoms with Gasteiger partial charge in [-0.05, 0) is 23.8 Å². The van der Waals surface area contributed by atoms with E-state index >= 15 is 0 Å². The SMILES string of the molecule is CC(C)(C)c1nc(C(N)c2cc(Br)ccc2Cl)no1. The van der Waals surface area contributed by atoms with Crippen LogP contribution in [0.2, 0.25) is 5.02 Å². The van der Waals surface area contributed by atoms with Crippen LogP contribution in [0.4, 0.5) is 0 Å². The maximum absolute atomic E-state index is 6.15. The molecule has 1 unspecified atom stereocenters. The second-order valence-electron chi connectivity index (χ2n) is 5.35. The van der Waals surface area contributed by atoms with E-state index in [1.807, 2.05) is 32.9 Å². The fourth-order valence-corrected chi connectivity index (χ4v) is 2.17.